The van der Waals surface area contributed by atoms with E-state index in [1.807, 2.05) is 0 Å². The summed E-state index contributed by atoms with van der Waals surface area (Å²) in [5.41, 5.74) is 0. The van der Waals surface area contributed by atoms with Crippen molar-refractivity contribution in [2.24, 2.45) is 0 Å². The number of aliphatic hydroxyl groups is 1. The number of hydrogen-bond acceptors (Lipinski definition) is 2. The number of ketones is 1. The minimum Gasteiger partial charge on any atom is -0.389 e. The summed E-state index contributed by atoms with van der Waals surface area (Å²) < 4.78 is 6.30. The van der Waals surface area contributed by atoms with Gasteiger partial charge in [0.25, 0.3) is 0 Å². The van der Waals surface area contributed by atoms with Gasteiger partial charge in [0.2, 0.25) is 0 Å². The first-order chi connectivity index (χ1) is 2.81. The Morgan fingerprint density at radius 2 is 2.67 bits per heavy atom. The molecule has 0 atom stereocenters. The Morgan fingerprint density at radius 1 is 2.17 bits per heavy atom. The Kier molecular flexibility index (Phi) is 7.16. The van der Waals surface area contributed by atoms with E-state index in [0.29, 0.717) is 0 Å². The molecule has 0 aromatic heterocycles. The van der Waals surface area contributed by atoms with Crippen LogP contribution in [0.4, 0.5) is 0 Å². The first kappa shape index (κ1) is 7.07. The zero-order valence-corrected chi connectivity index (χ0v) is 8.09. The average Bonchev–Trinajstić information content (AvgIpc) is 1.65. The molecule has 0 aromatic carbocycles. The van der Waals surface area contributed by atoms with Crippen LogP contribution in [0.15, 0.2) is 0 Å². The molecule has 0 aliphatic carbocycles. The van der Waals surface area contributed by atoms with Crippen molar-refractivity contribution in [2.75, 3.05) is 6.61 Å². The van der Waals surface area contributed by atoms with Crippen molar-refractivity contribution in [2.45, 2.75) is 6.90 Å². The first-order valence-corrected chi connectivity index (χ1v) is 1.23. The van der Waals surface area contributed by atoms with Crippen LogP contribution < -0.4 is 0 Å². The molecular weight excluding hydrogens is 295 g/mol. The van der Waals surface area contributed by atoms with Crippen LogP contribution in [0.25, 0.3) is 0 Å². The molecule has 0 unspecified atom stereocenters. The van der Waals surface area contributed by atoms with Crippen LogP contribution in [0.5, 0.6) is 0 Å². The second-order valence-electron chi connectivity index (χ2n) is 0.697. The SMILES string of the molecule is [3H]CC(=O)CO.[Ac]. The maximum Gasteiger partial charge on any atom is 0.155 e. The maximum absolute atomic E-state index is 9.74. The topological polar surface area (TPSA) is 37.3 Å². The van der Waals surface area contributed by atoms with Gasteiger partial charge in [0.1, 0.15) is 6.61 Å². The molecule has 0 spiro atoms. The summed E-state index contributed by atoms with van der Waals surface area (Å²) in [5, 5.41) is 7.87. The smallest absolute Gasteiger partial charge is 0.155 e. The molecular formula is C3H6AcO2. The molecule has 0 fully saturated rings. The molecule has 0 amide bonds. The number of Topliss-reactive ketones (excluding diaryl/α,β-unsaturated/α-hetero) is 1. The number of carbonyl (C=O) groups excluding carboxylic acids is 1. The van der Waals surface area contributed by atoms with Gasteiger partial charge in [-0.1, -0.05) is 0 Å². The molecule has 0 rings (SSSR count). The molecule has 0 heterocycles. The van der Waals surface area contributed by atoms with E-state index in [1.54, 1.807) is 0 Å². The summed E-state index contributed by atoms with van der Waals surface area (Å²) in [6.07, 6.45) is 0. The molecule has 0 bridgehead atoms. The van der Waals surface area contributed by atoms with E-state index in [0.717, 1.165) is 0 Å². The van der Waals surface area contributed by atoms with Crippen LogP contribution in [0.2, 0.25) is 0 Å². The second-order valence-corrected chi connectivity index (χ2v) is 0.697. The Bertz CT molecular complexity index is 50.9. The Labute approximate surface area is 73.9 Å². The minimum atomic E-state index is -0.497. The van der Waals surface area contributed by atoms with Crippen molar-refractivity contribution in [1.29, 1.82) is 0 Å². The number of rotatable bonds is 1. The summed E-state index contributed by atoms with van der Waals surface area (Å²) in [7, 11) is 0. The average molecular weight is 303 g/mol. The molecule has 0 saturated heterocycles. The van der Waals surface area contributed by atoms with E-state index in [4.69, 9.17) is 6.48 Å². The van der Waals surface area contributed by atoms with Gasteiger partial charge in [-0.3, -0.25) is 4.79 Å². The van der Waals surface area contributed by atoms with E-state index < -0.39 is 12.4 Å². The van der Waals surface area contributed by atoms with E-state index in [9.17, 15) is 4.79 Å². The third kappa shape index (κ3) is 8.91. The van der Waals surface area contributed by atoms with E-state index in [2.05, 4.69) is 0 Å². The summed E-state index contributed by atoms with van der Waals surface area (Å²) in [6, 6.07) is 0. The van der Waals surface area contributed by atoms with Gasteiger partial charge < -0.3 is 5.11 Å². The normalized spacial score (nSPS) is 8.50. The largest absolute Gasteiger partial charge is 0.389 e. The molecule has 6 heavy (non-hydrogen) atoms. The molecule has 1 radical (unpaired) electrons. The van der Waals surface area contributed by atoms with Crippen LogP contribution in [-0.4, -0.2) is 17.5 Å². The molecule has 0 aliphatic heterocycles. The maximum atomic E-state index is 9.74. The Hall–Kier alpha value is 1.07. The van der Waals surface area contributed by atoms with Gasteiger partial charge >= 0.3 is 0 Å². The fraction of sp³-hybridized carbons (Fsp3) is 0.667. The van der Waals surface area contributed by atoms with Crippen molar-refractivity contribution in [3.63, 3.8) is 0 Å². The van der Waals surface area contributed by atoms with Crippen molar-refractivity contribution >= 4 is 5.78 Å². The zero-order chi connectivity index (χ0) is 4.99. The van der Waals surface area contributed by atoms with Crippen molar-refractivity contribution in [1.82, 2.24) is 0 Å². The zero-order valence-electron chi connectivity index (χ0n) is 4.35. The fourth-order valence-electron chi connectivity index (χ4n) is 0. The minimum absolute atomic E-state index is 0. The van der Waals surface area contributed by atoms with Crippen LogP contribution in [0.1, 0.15) is 8.27 Å². The third-order valence-corrected chi connectivity index (χ3v) is 0.176. The van der Waals surface area contributed by atoms with Crippen molar-refractivity contribution in [3.8, 4) is 0 Å². The monoisotopic (exact) mass is 303 g/mol. The molecule has 2 nitrogen and oxygen atoms in total. The predicted octanol–water partition coefficient (Wildman–Crippen LogP) is -0.432. The van der Waals surface area contributed by atoms with Gasteiger partial charge in [0, 0.05) is 45.4 Å². The van der Waals surface area contributed by atoms with Crippen LogP contribution in [0.3, 0.4) is 0 Å². The van der Waals surface area contributed by atoms with E-state index in [-0.39, 0.29) is 51.0 Å². The van der Waals surface area contributed by atoms with Crippen LogP contribution >= 0.6 is 0 Å². The van der Waals surface area contributed by atoms with Crippen molar-refractivity contribution < 1.29 is 55.3 Å². The molecule has 0 aromatic rings. The number of aliphatic hydroxyl groups excluding tert-OH is 1. The first-order valence-electron chi connectivity index (χ1n) is 1.93. The molecule has 3 heteroatoms. The predicted molar refractivity (Wildman–Crippen MR) is 17.8 cm³/mol. The van der Waals surface area contributed by atoms with Gasteiger partial charge in [-0.2, -0.15) is 0 Å². The van der Waals surface area contributed by atoms with Crippen molar-refractivity contribution in [3.05, 3.63) is 0 Å². The summed E-state index contributed by atoms with van der Waals surface area (Å²) in [4.78, 5) is 9.74. The van der Waals surface area contributed by atoms with Gasteiger partial charge in [0.15, 0.2) is 5.78 Å². The standard InChI is InChI=1S/C3H6O2.Ac/c1-3(5)2-4;/h4H,2H2,1H3;/i1T;. The van der Waals surface area contributed by atoms with Crippen LogP contribution in [0, 0.1) is 44.1 Å². The van der Waals surface area contributed by atoms with Gasteiger partial charge in [-0.15, -0.1) is 0 Å². The van der Waals surface area contributed by atoms with Gasteiger partial charge in [-0.25, -0.2) is 0 Å². The molecule has 0 saturated carbocycles. The summed E-state index contributed by atoms with van der Waals surface area (Å²) >= 11 is 0. The Morgan fingerprint density at radius 3 is 2.67 bits per heavy atom. The molecule has 33 valence electrons. The second kappa shape index (κ2) is 6.07. The quantitative estimate of drug-likeness (QED) is 0.714. The molecule has 1 N–H and O–H groups in total. The van der Waals surface area contributed by atoms with E-state index in [1.165, 1.54) is 0 Å². The van der Waals surface area contributed by atoms with Gasteiger partial charge in [-0.05, 0) is 6.90 Å². The third-order valence-electron chi connectivity index (χ3n) is 0.176. The number of hydrogen-bond donors (Lipinski definition) is 1. The Balaban J connectivity index is 0. The number of carbonyl (C=O) groups is 1. The van der Waals surface area contributed by atoms with Crippen LogP contribution in [-0.2, 0) is 4.79 Å². The summed E-state index contributed by atoms with van der Waals surface area (Å²) in [6.45, 7) is -0.806. The van der Waals surface area contributed by atoms with Gasteiger partial charge in [0.05, 0.1) is 0 Å². The van der Waals surface area contributed by atoms with E-state index >= 15 is 0 Å². The summed E-state index contributed by atoms with van der Waals surface area (Å²) in [5.74, 6) is -0.435. The molecule has 0 aliphatic rings. The fourth-order valence-corrected chi connectivity index (χ4v) is 0.